The van der Waals surface area contributed by atoms with E-state index in [2.05, 4.69) is 16.6 Å². The molecule has 1 aliphatic heterocycles. The molecular formula is C11H17N2. The van der Waals surface area contributed by atoms with Crippen LogP contribution in [0.3, 0.4) is 0 Å². The van der Waals surface area contributed by atoms with Crippen LogP contribution in [0.5, 0.6) is 0 Å². The summed E-state index contributed by atoms with van der Waals surface area (Å²) in [6, 6.07) is 0. The third-order valence-corrected chi connectivity index (χ3v) is 3.01. The lowest BCUT2D eigenvalue weighted by molar-refractivity contribution is 0.406. The lowest BCUT2D eigenvalue weighted by Crippen LogP contribution is -2.10. The monoisotopic (exact) mass is 177 g/mol. The molecule has 0 bridgehead atoms. The molecule has 2 rings (SSSR count). The molecule has 1 aliphatic carbocycles. The van der Waals surface area contributed by atoms with Crippen LogP contribution in [-0.4, -0.2) is 6.21 Å². The van der Waals surface area contributed by atoms with Crippen molar-refractivity contribution in [2.24, 2.45) is 11.0 Å². The van der Waals surface area contributed by atoms with E-state index < -0.39 is 0 Å². The molecule has 0 N–H and O–H groups in total. The predicted octanol–water partition coefficient (Wildman–Crippen LogP) is 2.83. The molecule has 0 unspecified atom stereocenters. The molecule has 0 aromatic rings. The molecule has 0 saturated heterocycles. The molecule has 1 heterocycles. The number of rotatable bonds is 1. The molecule has 0 amide bonds. The molecule has 0 atom stereocenters. The fourth-order valence-corrected chi connectivity index (χ4v) is 2.21. The standard InChI is InChI=1S/C11H17N2/c1-2-4-6-10(7-5-3-1)11-8-9-12-13-11/h8-10H,1-7H2. The smallest absolute Gasteiger partial charge is 0.0677 e. The largest absolute Gasteiger partial charge is 0.159 e. The maximum absolute atomic E-state index is 4.16. The minimum Gasteiger partial charge on any atom is -0.159 e. The molecule has 2 heteroatoms. The Morgan fingerprint density at radius 3 is 2.31 bits per heavy atom. The van der Waals surface area contributed by atoms with Crippen molar-refractivity contribution in [2.45, 2.75) is 44.9 Å². The first-order valence-corrected chi connectivity index (χ1v) is 5.41. The van der Waals surface area contributed by atoms with Crippen molar-refractivity contribution in [3.63, 3.8) is 0 Å². The lowest BCUT2D eigenvalue weighted by Gasteiger charge is -2.19. The Balaban J connectivity index is 1.88. The van der Waals surface area contributed by atoms with Gasteiger partial charge in [-0.05, 0) is 18.9 Å². The van der Waals surface area contributed by atoms with Gasteiger partial charge >= 0.3 is 0 Å². The fraction of sp³-hybridized carbons (Fsp3) is 0.727. The quantitative estimate of drug-likeness (QED) is 0.589. The maximum atomic E-state index is 4.16. The van der Waals surface area contributed by atoms with Crippen molar-refractivity contribution < 1.29 is 0 Å². The number of hydrogen-bond donors (Lipinski definition) is 0. The van der Waals surface area contributed by atoms with Crippen LogP contribution in [0.4, 0.5) is 0 Å². The van der Waals surface area contributed by atoms with Gasteiger partial charge in [0.1, 0.15) is 0 Å². The summed E-state index contributed by atoms with van der Waals surface area (Å²) in [5, 5.41) is 3.90. The van der Waals surface area contributed by atoms with Gasteiger partial charge in [-0.3, -0.25) is 0 Å². The fourth-order valence-electron chi connectivity index (χ4n) is 2.21. The second-order valence-electron chi connectivity index (χ2n) is 4.00. The van der Waals surface area contributed by atoms with Gasteiger partial charge in [0.15, 0.2) is 0 Å². The first-order valence-electron chi connectivity index (χ1n) is 5.41. The van der Waals surface area contributed by atoms with E-state index in [1.165, 1.54) is 50.6 Å². The van der Waals surface area contributed by atoms with Gasteiger partial charge in [-0.15, -0.1) is 0 Å². The Labute approximate surface area is 80.1 Å². The Bertz CT molecular complexity index is 210. The van der Waals surface area contributed by atoms with Gasteiger partial charge in [0.05, 0.1) is 11.9 Å². The van der Waals surface area contributed by atoms with Gasteiger partial charge < -0.3 is 0 Å². The molecule has 1 fully saturated rings. The highest BCUT2D eigenvalue weighted by atomic mass is 15.3. The molecule has 1 radical (unpaired) electrons. The lowest BCUT2D eigenvalue weighted by atomic mass is 9.89. The molecule has 1 saturated carbocycles. The summed E-state index contributed by atoms with van der Waals surface area (Å²) in [6.45, 7) is 0. The van der Waals surface area contributed by atoms with Crippen LogP contribution in [0.15, 0.2) is 16.9 Å². The third-order valence-electron chi connectivity index (χ3n) is 3.01. The maximum Gasteiger partial charge on any atom is 0.0677 e. The average Bonchev–Trinajstić information content (AvgIpc) is 2.55. The zero-order valence-corrected chi connectivity index (χ0v) is 8.08. The van der Waals surface area contributed by atoms with Gasteiger partial charge in [0.2, 0.25) is 0 Å². The SMILES string of the molecule is C1=N[N]C(C2CCCCCCC2)=C1. The Hall–Kier alpha value is -0.790. The van der Waals surface area contributed by atoms with Crippen molar-refractivity contribution in [3.05, 3.63) is 11.8 Å². The molecule has 0 aromatic heterocycles. The summed E-state index contributed by atoms with van der Waals surface area (Å²) in [7, 11) is 0. The van der Waals surface area contributed by atoms with Gasteiger partial charge in [-0.2, -0.15) is 10.5 Å². The van der Waals surface area contributed by atoms with E-state index in [4.69, 9.17) is 0 Å². The highest BCUT2D eigenvalue weighted by Gasteiger charge is 2.17. The van der Waals surface area contributed by atoms with Crippen molar-refractivity contribution >= 4 is 6.21 Å². The zero-order chi connectivity index (χ0) is 8.93. The van der Waals surface area contributed by atoms with Crippen LogP contribution in [0.1, 0.15) is 44.9 Å². The summed E-state index contributed by atoms with van der Waals surface area (Å²) in [5.74, 6) is 0.697. The second kappa shape index (κ2) is 4.45. The van der Waals surface area contributed by atoms with Crippen molar-refractivity contribution in [3.8, 4) is 0 Å². The Morgan fingerprint density at radius 1 is 1.00 bits per heavy atom. The van der Waals surface area contributed by atoms with Crippen molar-refractivity contribution in [1.82, 2.24) is 5.43 Å². The van der Waals surface area contributed by atoms with Crippen LogP contribution >= 0.6 is 0 Å². The third kappa shape index (κ3) is 2.33. The second-order valence-corrected chi connectivity index (χ2v) is 4.00. The van der Waals surface area contributed by atoms with E-state index in [0.717, 1.165) is 0 Å². The van der Waals surface area contributed by atoms with Gasteiger partial charge in [-0.25, -0.2) is 0 Å². The van der Waals surface area contributed by atoms with E-state index in [1.54, 1.807) is 0 Å². The molecule has 71 valence electrons. The van der Waals surface area contributed by atoms with Crippen LogP contribution in [0.25, 0.3) is 0 Å². The molecule has 2 aliphatic rings. The van der Waals surface area contributed by atoms with Crippen LogP contribution < -0.4 is 5.43 Å². The average molecular weight is 177 g/mol. The Morgan fingerprint density at radius 2 is 1.69 bits per heavy atom. The Kier molecular flexibility index (Phi) is 3.01. The molecule has 13 heavy (non-hydrogen) atoms. The number of hydrogen-bond acceptors (Lipinski definition) is 1. The summed E-state index contributed by atoms with van der Waals surface area (Å²) in [6.07, 6.45) is 13.5. The molecule has 0 spiro atoms. The predicted molar refractivity (Wildman–Crippen MR) is 54.5 cm³/mol. The van der Waals surface area contributed by atoms with Crippen molar-refractivity contribution in [2.75, 3.05) is 0 Å². The van der Waals surface area contributed by atoms with Crippen LogP contribution in [0, 0.1) is 5.92 Å². The molecule has 2 nitrogen and oxygen atoms in total. The minimum absolute atomic E-state index is 0.697. The first-order chi connectivity index (χ1) is 6.47. The normalized spacial score (nSPS) is 24.8. The molecular weight excluding hydrogens is 160 g/mol. The summed E-state index contributed by atoms with van der Waals surface area (Å²) in [5.41, 5.74) is 5.39. The summed E-state index contributed by atoms with van der Waals surface area (Å²) < 4.78 is 0. The topological polar surface area (TPSA) is 26.5 Å². The highest BCUT2D eigenvalue weighted by molar-refractivity contribution is 5.74. The highest BCUT2D eigenvalue weighted by Crippen LogP contribution is 2.27. The number of allylic oxidation sites excluding steroid dienone is 2. The van der Waals surface area contributed by atoms with Crippen LogP contribution in [0.2, 0.25) is 0 Å². The van der Waals surface area contributed by atoms with E-state index in [1.807, 2.05) is 6.21 Å². The van der Waals surface area contributed by atoms with E-state index in [0.29, 0.717) is 5.92 Å². The van der Waals surface area contributed by atoms with Crippen LogP contribution in [-0.2, 0) is 0 Å². The van der Waals surface area contributed by atoms with Crippen molar-refractivity contribution in [1.29, 1.82) is 0 Å². The van der Waals surface area contributed by atoms with E-state index in [-0.39, 0.29) is 0 Å². The summed E-state index contributed by atoms with van der Waals surface area (Å²) >= 11 is 0. The molecule has 0 aromatic carbocycles. The summed E-state index contributed by atoms with van der Waals surface area (Å²) in [4.78, 5) is 0. The van der Waals surface area contributed by atoms with Gasteiger partial charge in [0, 0.05) is 5.92 Å². The number of nitrogens with zero attached hydrogens (tertiary/aromatic N) is 2. The minimum atomic E-state index is 0.697. The first kappa shape index (κ1) is 8.79. The van der Waals surface area contributed by atoms with Gasteiger partial charge in [0.25, 0.3) is 0 Å². The zero-order valence-electron chi connectivity index (χ0n) is 8.08. The van der Waals surface area contributed by atoms with E-state index in [9.17, 15) is 0 Å². The van der Waals surface area contributed by atoms with Gasteiger partial charge in [-0.1, -0.05) is 32.1 Å². The van der Waals surface area contributed by atoms with E-state index >= 15 is 0 Å².